The number of carbonyl (C=O) groups is 1. The van der Waals surface area contributed by atoms with E-state index in [0.29, 0.717) is 12.0 Å². The molecule has 0 aromatic rings. The zero-order valence-electron chi connectivity index (χ0n) is 8.55. The van der Waals surface area contributed by atoms with Gasteiger partial charge in [0.05, 0.1) is 6.04 Å². The molecule has 1 aliphatic carbocycles. The minimum atomic E-state index is -0.303. The first-order chi connectivity index (χ1) is 6.19. The minimum Gasteiger partial charge on any atom is -0.352 e. The van der Waals surface area contributed by atoms with Crippen LogP contribution < -0.4 is 11.1 Å². The first kappa shape index (κ1) is 10.5. The number of rotatable bonds is 5. The van der Waals surface area contributed by atoms with Crippen LogP contribution in [-0.4, -0.2) is 18.0 Å². The molecule has 0 bridgehead atoms. The van der Waals surface area contributed by atoms with E-state index in [-0.39, 0.29) is 11.9 Å². The van der Waals surface area contributed by atoms with Crippen molar-refractivity contribution in [1.82, 2.24) is 5.32 Å². The van der Waals surface area contributed by atoms with Crippen molar-refractivity contribution in [2.24, 2.45) is 11.7 Å². The first-order valence-electron chi connectivity index (χ1n) is 5.25. The van der Waals surface area contributed by atoms with E-state index in [9.17, 15) is 4.79 Å². The Bertz CT molecular complexity index is 182. The van der Waals surface area contributed by atoms with Gasteiger partial charge in [-0.15, -0.1) is 0 Å². The standard InChI is InChI=1S/C10H20N2O/c1-3-5-8(11)10(13)12-9-6-7(9)4-2/h7-9H,3-6,11H2,1-2H3,(H,12,13)/t7?,8-,9?/m0/s1. The summed E-state index contributed by atoms with van der Waals surface area (Å²) in [6, 6.07) is 0.114. The normalized spacial score (nSPS) is 28.2. The lowest BCUT2D eigenvalue weighted by atomic mass is 10.1. The fourth-order valence-corrected chi connectivity index (χ4v) is 1.61. The number of hydrogen-bond acceptors (Lipinski definition) is 2. The lowest BCUT2D eigenvalue weighted by Crippen LogP contribution is -2.41. The van der Waals surface area contributed by atoms with Gasteiger partial charge in [-0.3, -0.25) is 4.79 Å². The Hall–Kier alpha value is -0.570. The molecule has 1 aliphatic rings. The lowest BCUT2D eigenvalue weighted by molar-refractivity contribution is -0.122. The number of hydrogen-bond donors (Lipinski definition) is 2. The third-order valence-corrected chi connectivity index (χ3v) is 2.71. The third-order valence-electron chi connectivity index (χ3n) is 2.71. The highest BCUT2D eigenvalue weighted by Gasteiger charge is 2.36. The van der Waals surface area contributed by atoms with Gasteiger partial charge in [-0.2, -0.15) is 0 Å². The molecule has 0 spiro atoms. The highest BCUT2D eigenvalue weighted by Crippen LogP contribution is 2.33. The molecule has 13 heavy (non-hydrogen) atoms. The van der Waals surface area contributed by atoms with Crippen LogP contribution in [0.15, 0.2) is 0 Å². The number of amides is 1. The van der Waals surface area contributed by atoms with Gasteiger partial charge >= 0.3 is 0 Å². The summed E-state index contributed by atoms with van der Waals surface area (Å²) in [6.45, 7) is 4.20. The molecule has 0 radical (unpaired) electrons. The molecular formula is C10H20N2O. The van der Waals surface area contributed by atoms with Gasteiger partial charge in [0.25, 0.3) is 0 Å². The van der Waals surface area contributed by atoms with E-state index >= 15 is 0 Å². The summed E-state index contributed by atoms with van der Waals surface area (Å²) in [5, 5.41) is 2.98. The van der Waals surface area contributed by atoms with Gasteiger partial charge < -0.3 is 11.1 Å². The van der Waals surface area contributed by atoms with Crippen molar-refractivity contribution in [3.8, 4) is 0 Å². The molecule has 2 unspecified atom stereocenters. The van der Waals surface area contributed by atoms with Crippen molar-refractivity contribution in [3.63, 3.8) is 0 Å². The van der Waals surface area contributed by atoms with E-state index in [1.54, 1.807) is 0 Å². The van der Waals surface area contributed by atoms with Crippen molar-refractivity contribution >= 4 is 5.91 Å². The molecule has 1 amide bonds. The summed E-state index contributed by atoms with van der Waals surface area (Å²) in [5.41, 5.74) is 5.68. The Morgan fingerprint density at radius 2 is 2.31 bits per heavy atom. The van der Waals surface area contributed by atoms with Gasteiger partial charge in [0, 0.05) is 6.04 Å². The van der Waals surface area contributed by atoms with Crippen LogP contribution >= 0.6 is 0 Å². The van der Waals surface area contributed by atoms with Crippen LogP contribution in [0, 0.1) is 5.92 Å². The van der Waals surface area contributed by atoms with E-state index in [2.05, 4.69) is 12.2 Å². The van der Waals surface area contributed by atoms with Gasteiger partial charge in [-0.25, -0.2) is 0 Å². The second-order valence-corrected chi connectivity index (χ2v) is 3.91. The molecule has 1 rings (SSSR count). The molecule has 1 fully saturated rings. The summed E-state index contributed by atoms with van der Waals surface area (Å²) in [5.74, 6) is 0.737. The summed E-state index contributed by atoms with van der Waals surface area (Å²) >= 11 is 0. The van der Waals surface area contributed by atoms with Gasteiger partial charge in [0.2, 0.25) is 5.91 Å². The molecule has 1 saturated carbocycles. The monoisotopic (exact) mass is 184 g/mol. The van der Waals surface area contributed by atoms with Gasteiger partial charge in [0.15, 0.2) is 0 Å². The van der Waals surface area contributed by atoms with Crippen LogP contribution in [-0.2, 0) is 4.79 Å². The van der Waals surface area contributed by atoms with Crippen molar-refractivity contribution in [1.29, 1.82) is 0 Å². The summed E-state index contributed by atoms with van der Waals surface area (Å²) in [4.78, 5) is 11.4. The van der Waals surface area contributed by atoms with Gasteiger partial charge in [-0.05, 0) is 18.8 Å². The predicted molar refractivity (Wildman–Crippen MR) is 53.2 cm³/mol. The molecule has 0 aromatic heterocycles. The highest BCUT2D eigenvalue weighted by atomic mass is 16.2. The number of nitrogens with one attached hydrogen (secondary N) is 1. The van der Waals surface area contributed by atoms with Gasteiger partial charge in [0.1, 0.15) is 0 Å². The zero-order chi connectivity index (χ0) is 9.84. The summed E-state index contributed by atoms with van der Waals surface area (Å²) < 4.78 is 0. The van der Waals surface area contributed by atoms with Crippen molar-refractivity contribution in [3.05, 3.63) is 0 Å². The summed E-state index contributed by atoms with van der Waals surface area (Å²) in [6.07, 6.45) is 4.06. The number of carbonyl (C=O) groups excluding carboxylic acids is 1. The third kappa shape index (κ3) is 2.99. The Morgan fingerprint density at radius 3 is 2.77 bits per heavy atom. The van der Waals surface area contributed by atoms with Crippen LogP contribution in [0.3, 0.4) is 0 Å². The predicted octanol–water partition coefficient (Wildman–Crippen LogP) is 1.03. The smallest absolute Gasteiger partial charge is 0.237 e. The van der Waals surface area contributed by atoms with E-state index in [4.69, 9.17) is 5.73 Å². The topological polar surface area (TPSA) is 55.1 Å². The number of nitrogens with two attached hydrogens (primary N) is 1. The Kier molecular flexibility index (Phi) is 3.72. The second kappa shape index (κ2) is 4.61. The molecule has 3 N–H and O–H groups in total. The molecular weight excluding hydrogens is 164 g/mol. The maximum atomic E-state index is 11.4. The minimum absolute atomic E-state index is 0.0304. The maximum absolute atomic E-state index is 11.4. The highest BCUT2D eigenvalue weighted by molar-refractivity contribution is 5.82. The molecule has 0 aliphatic heterocycles. The van der Waals surface area contributed by atoms with Crippen molar-refractivity contribution in [2.45, 2.75) is 51.6 Å². The van der Waals surface area contributed by atoms with Crippen molar-refractivity contribution < 1.29 is 4.79 Å². The first-order valence-corrected chi connectivity index (χ1v) is 5.25. The van der Waals surface area contributed by atoms with Crippen molar-refractivity contribution in [2.75, 3.05) is 0 Å². The van der Waals surface area contributed by atoms with Crippen LogP contribution in [0.4, 0.5) is 0 Å². The second-order valence-electron chi connectivity index (χ2n) is 3.91. The maximum Gasteiger partial charge on any atom is 0.237 e. The quantitative estimate of drug-likeness (QED) is 0.670. The molecule has 3 heteroatoms. The molecule has 3 nitrogen and oxygen atoms in total. The van der Waals surface area contributed by atoms with Crippen LogP contribution in [0.25, 0.3) is 0 Å². The fraction of sp³-hybridized carbons (Fsp3) is 0.900. The molecule has 0 heterocycles. The fourth-order valence-electron chi connectivity index (χ4n) is 1.61. The van der Waals surface area contributed by atoms with Crippen LogP contribution in [0.5, 0.6) is 0 Å². The Morgan fingerprint density at radius 1 is 1.62 bits per heavy atom. The van der Waals surface area contributed by atoms with Crippen LogP contribution in [0.1, 0.15) is 39.5 Å². The van der Waals surface area contributed by atoms with E-state index in [1.807, 2.05) is 6.92 Å². The zero-order valence-corrected chi connectivity index (χ0v) is 8.55. The lowest BCUT2D eigenvalue weighted by Gasteiger charge is -2.10. The largest absolute Gasteiger partial charge is 0.352 e. The average Bonchev–Trinajstić information content (AvgIpc) is 2.83. The molecule has 76 valence electrons. The van der Waals surface area contributed by atoms with Gasteiger partial charge in [-0.1, -0.05) is 26.7 Å². The molecule has 3 atom stereocenters. The SMILES string of the molecule is CCC[C@H](N)C(=O)NC1CC1CC. The van der Waals surface area contributed by atoms with E-state index < -0.39 is 0 Å². The Labute approximate surface area is 80.1 Å². The summed E-state index contributed by atoms with van der Waals surface area (Å²) in [7, 11) is 0. The molecule has 0 saturated heterocycles. The van der Waals surface area contributed by atoms with E-state index in [0.717, 1.165) is 25.7 Å². The van der Waals surface area contributed by atoms with E-state index in [1.165, 1.54) is 0 Å². The van der Waals surface area contributed by atoms with Crippen LogP contribution in [0.2, 0.25) is 0 Å². The molecule has 0 aromatic carbocycles. The average molecular weight is 184 g/mol. The Balaban J connectivity index is 2.18.